The fourth-order valence-corrected chi connectivity index (χ4v) is 3.40. The minimum Gasteiger partial charge on any atom is -0.352 e. The van der Waals surface area contributed by atoms with Gasteiger partial charge >= 0.3 is 0 Å². The van der Waals surface area contributed by atoms with Crippen LogP contribution in [0.5, 0.6) is 0 Å². The van der Waals surface area contributed by atoms with E-state index in [2.05, 4.69) is 20.5 Å². The Labute approximate surface area is 163 Å². The summed E-state index contributed by atoms with van der Waals surface area (Å²) in [6, 6.07) is 16.8. The number of nitrogens with zero attached hydrogens (tertiary/aromatic N) is 3. The van der Waals surface area contributed by atoms with Gasteiger partial charge in [-0.25, -0.2) is 4.68 Å². The molecule has 0 fully saturated rings. The SMILES string of the molecule is Nn1c(SCC(=O)Nc2ccc(Cl)cc2)nnc1-c1cc2ccccc2[nH]1. The van der Waals surface area contributed by atoms with E-state index < -0.39 is 0 Å². The lowest BCUT2D eigenvalue weighted by Crippen LogP contribution is -2.16. The quantitative estimate of drug-likeness (QED) is 0.352. The average molecular weight is 399 g/mol. The summed E-state index contributed by atoms with van der Waals surface area (Å²) in [5.74, 6) is 6.61. The number of hydrogen-bond acceptors (Lipinski definition) is 5. The molecule has 0 aliphatic heterocycles. The molecule has 2 aromatic heterocycles. The molecule has 0 aliphatic rings. The van der Waals surface area contributed by atoms with Gasteiger partial charge in [0.05, 0.1) is 11.4 Å². The number of fused-ring (bicyclic) bond motifs is 1. The van der Waals surface area contributed by atoms with Crippen molar-refractivity contribution in [2.24, 2.45) is 0 Å². The van der Waals surface area contributed by atoms with E-state index >= 15 is 0 Å². The minimum absolute atomic E-state index is 0.157. The van der Waals surface area contributed by atoms with Crippen LogP contribution in [0.1, 0.15) is 0 Å². The Hall–Kier alpha value is -2.97. The van der Waals surface area contributed by atoms with Gasteiger partial charge in [0.1, 0.15) is 0 Å². The molecule has 0 bridgehead atoms. The minimum atomic E-state index is -0.169. The number of aromatic nitrogens is 4. The van der Waals surface area contributed by atoms with Crippen LogP contribution < -0.4 is 11.2 Å². The molecule has 0 atom stereocenters. The third kappa shape index (κ3) is 3.76. The number of para-hydroxylation sites is 1. The van der Waals surface area contributed by atoms with Gasteiger partial charge in [0.25, 0.3) is 0 Å². The zero-order chi connectivity index (χ0) is 18.8. The van der Waals surface area contributed by atoms with Gasteiger partial charge in [0.15, 0.2) is 5.82 Å². The van der Waals surface area contributed by atoms with E-state index in [0.29, 0.717) is 21.7 Å². The Bertz CT molecular complexity index is 1070. The smallest absolute Gasteiger partial charge is 0.234 e. The van der Waals surface area contributed by atoms with Crippen molar-refractivity contribution in [3.63, 3.8) is 0 Å². The van der Waals surface area contributed by atoms with E-state index in [-0.39, 0.29) is 11.7 Å². The monoisotopic (exact) mass is 398 g/mol. The molecule has 27 heavy (non-hydrogen) atoms. The molecule has 0 aliphatic carbocycles. The van der Waals surface area contributed by atoms with E-state index in [1.54, 1.807) is 24.3 Å². The van der Waals surface area contributed by atoms with Gasteiger partial charge in [-0.3, -0.25) is 4.79 Å². The first-order valence-corrected chi connectivity index (χ1v) is 9.43. The largest absolute Gasteiger partial charge is 0.352 e. The van der Waals surface area contributed by atoms with Gasteiger partial charge in [0.2, 0.25) is 11.1 Å². The van der Waals surface area contributed by atoms with Gasteiger partial charge in [-0.1, -0.05) is 41.6 Å². The third-order valence-electron chi connectivity index (χ3n) is 3.90. The number of nitrogens with two attached hydrogens (primary N) is 1. The number of anilines is 1. The summed E-state index contributed by atoms with van der Waals surface area (Å²) in [7, 11) is 0. The number of carbonyl (C=O) groups excluding carboxylic acids is 1. The Kier molecular flexibility index (Phi) is 4.74. The number of H-pyrrole nitrogens is 1. The molecule has 2 aromatic carbocycles. The van der Waals surface area contributed by atoms with Gasteiger partial charge in [-0.05, 0) is 36.4 Å². The highest BCUT2D eigenvalue weighted by atomic mass is 35.5. The molecule has 4 rings (SSSR count). The first-order valence-electron chi connectivity index (χ1n) is 8.07. The number of thioether (sulfide) groups is 1. The lowest BCUT2D eigenvalue weighted by Gasteiger charge is -2.05. The molecule has 0 radical (unpaired) electrons. The molecular weight excluding hydrogens is 384 g/mol. The van der Waals surface area contributed by atoms with E-state index in [4.69, 9.17) is 17.4 Å². The average Bonchev–Trinajstić information content (AvgIpc) is 3.25. The summed E-state index contributed by atoms with van der Waals surface area (Å²) < 4.78 is 1.38. The summed E-state index contributed by atoms with van der Waals surface area (Å²) in [6.45, 7) is 0. The second-order valence-corrected chi connectivity index (χ2v) is 7.17. The molecule has 0 unspecified atom stereocenters. The second-order valence-electron chi connectivity index (χ2n) is 5.79. The number of aromatic amines is 1. The predicted octanol–water partition coefficient (Wildman–Crippen LogP) is 3.52. The molecule has 136 valence electrons. The Morgan fingerprint density at radius 2 is 1.96 bits per heavy atom. The molecule has 9 heteroatoms. The highest BCUT2D eigenvalue weighted by Gasteiger charge is 2.15. The standard InChI is InChI=1S/C18H15ClN6OS/c19-12-5-7-13(8-6-12)21-16(26)10-27-18-24-23-17(25(18)20)15-9-11-3-1-2-4-14(11)22-15/h1-9,22H,10,20H2,(H,21,26). The fourth-order valence-electron chi connectivity index (χ4n) is 2.61. The zero-order valence-electron chi connectivity index (χ0n) is 14.0. The number of rotatable bonds is 5. The van der Waals surface area contributed by atoms with E-state index in [1.807, 2.05) is 30.3 Å². The topological polar surface area (TPSA) is 102 Å². The maximum Gasteiger partial charge on any atom is 0.234 e. The summed E-state index contributed by atoms with van der Waals surface area (Å²) in [4.78, 5) is 15.4. The summed E-state index contributed by atoms with van der Waals surface area (Å²) in [6.07, 6.45) is 0. The first kappa shape index (κ1) is 17.4. The molecule has 0 spiro atoms. The van der Waals surface area contributed by atoms with Crippen molar-refractivity contribution < 1.29 is 4.79 Å². The molecule has 0 saturated carbocycles. The fraction of sp³-hybridized carbons (Fsp3) is 0.0556. The van der Waals surface area contributed by atoms with Crippen LogP contribution in [0, 0.1) is 0 Å². The van der Waals surface area contributed by atoms with Crippen molar-refractivity contribution in [3.8, 4) is 11.5 Å². The summed E-state index contributed by atoms with van der Waals surface area (Å²) in [5, 5.41) is 13.2. The maximum atomic E-state index is 12.1. The van der Waals surface area contributed by atoms with Crippen LogP contribution in [0.25, 0.3) is 22.4 Å². The molecule has 4 N–H and O–H groups in total. The van der Waals surface area contributed by atoms with Crippen LogP contribution in [0.4, 0.5) is 5.69 Å². The van der Waals surface area contributed by atoms with Gasteiger partial charge in [0, 0.05) is 21.6 Å². The van der Waals surface area contributed by atoms with Crippen molar-refractivity contribution >= 4 is 45.9 Å². The van der Waals surface area contributed by atoms with E-state index in [1.165, 1.54) is 16.4 Å². The van der Waals surface area contributed by atoms with Crippen LogP contribution in [-0.2, 0) is 4.79 Å². The van der Waals surface area contributed by atoms with Crippen LogP contribution in [0.2, 0.25) is 5.02 Å². The Balaban J connectivity index is 1.44. The van der Waals surface area contributed by atoms with Crippen molar-refractivity contribution in [2.45, 2.75) is 5.16 Å². The van der Waals surface area contributed by atoms with Crippen molar-refractivity contribution in [2.75, 3.05) is 16.9 Å². The highest BCUT2D eigenvalue weighted by molar-refractivity contribution is 7.99. The van der Waals surface area contributed by atoms with Crippen molar-refractivity contribution in [3.05, 3.63) is 59.6 Å². The number of amides is 1. The van der Waals surface area contributed by atoms with E-state index in [9.17, 15) is 4.79 Å². The number of hydrogen-bond donors (Lipinski definition) is 3. The number of carbonyl (C=O) groups is 1. The molecule has 4 aromatic rings. The number of halogens is 1. The number of nitrogens with one attached hydrogen (secondary N) is 2. The normalized spacial score (nSPS) is 11.0. The van der Waals surface area contributed by atoms with Gasteiger partial charge in [-0.2, -0.15) is 0 Å². The second kappa shape index (κ2) is 7.34. The maximum absolute atomic E-state index is 12.1. The zero-order valence-corrected chi connectivity index (χ0v) is 15.6. The van der Waals surface area contributed by atoms with Crippen LogP contribution in [-0.4, -0.2) is 31.5 Å². The third-order valence-corrected chi connectivity index (χ3v) is 5.09. The van der Waals surface area contributed by atoms with Gasteiger partial charge < -0.3 is 16.1 Å². The Morgan fingerprint density at radius 3 is 2.74 bits per heavy atom. The summed E-state index contributed by atoms with van der Waals surface area (Å²) in [5.41, 5.74) is 2.44. The van der Waals surface area contributed by atoms with Crippen LogP contribution >= 0.6 is 23.4 Å². The Morgan fingerprint density at radius 1 is 1.19 bits per heavy atom. The predicted molar refractivity (Wildman–Crippen MR) is 108 cm³/mol. The highest BCUT2D eigenvalue weighted by Crippen LogP contribution is 2.25. The number of nitrogen functional groups attached to an aromatic ring is 1. The van der Waals surface area contributed by atoms with Gasteiger partial charge in [-0.15, -0.1) is 10.2 Å². The van der Waals surface area contributed by atoms with Crippen molar-refractivity contribution in [1.29, 1.82) is 0 Å². The molecule has 2 heterocycles. The van der Waals surface area contributed by atoms with Crippen LogP contribution in [0.15, 0.2) is 59.8 Å². The lowest BCUT2D eigenvalue weighted by molar-refractivity contribution is -0.113. The molecular formula is C18H15ClN6OS. The lowest BCUT2D eigenvalue weighted by atomic mass is 10.2. The molecule has 1 amide bonds. The van der Waals surface area contributed by atoms with Crippen LogP contribution in [0.3, 0.4) is 0 Å². The summed E-state index contributed by atoms with van der Waals surface area (Å²) >= 11 is 7.05. The first-order chi connectivity index (χ1) is 13.1. The molecule has 0 saturated heterocycles. The van der Waals surface area contributed by atoms with E-state index in [0.717, 1.165) is 16.6 Å². The molecule has 7 nitrogen and oxygen atoms in total. The number of benzene rings is 2. The van der Waals surface area contributed by atoms with Crippen molar-refractivity contribution in [1.82, 2.24) is 19.9 Å².